The molecule has 232 valence electrons. The predicted octanol–water partition coefficient (Wildman–Crippen LogP) is 3.88. The minimum Gasteiger partial charge on any atom is -0.741 e. The maximum absolute atomic E-state index is 10.7. The van der Waals surface area contributed by atoms with Gasteiger partial charge in [0.2, 0.25) is 0 Å². The molecule has 0 unspecified atom stereocenters. The van der Waals surface area contributed by atoms with Crippen LogP contribution in [0.2, 0.25) is 0 Å². The standard InChI is InChI=1S/C8H12.2C2H3N.3CHF3O3S.Rh/c1-2-4-6-8-7-5-3-1;2*1-2-3;3*2-1(3,4)8(5,6)7;/h1-2,7-8H,3-6H2;2*1H3;3*(H,5,6,7);/q;;;;;;+3/p-3/b2-1-,8-7-;;;;;;. The average Bonchev–Trinajstić information content (AvgIpc) is 2.58. The molecule has 0 N–H and O–H groups in total. The monoisotopic (exact) mass is 740 g/mol. The maximum atomic E-state index is 10.7. The number of nitriles is 2. The van der Waals surface area contributed by atoms with Crippen LogP contribution in [0.1, 0.15) is 39.5 Å². The summed E-state index contributed by atoms with van der Waals surface area (Å²) >= 11 is 0. The summed E-state index contributed by atoms with van der Waals surface area (Å²) in [5, 5.41) is 14.6. The van der Waals surface area contributed by atoms with Crippen molar-refractivity contribution < 1.29 is 97.9 Å². The van der Waals surface area contributed by atoms with Crippen LogP contribution in [0.15, 0.2) is 24.3 Å². The van der Waals surface area contributed by atoms with Crippen LogP contribution in [0.3, 0.4) is 0 Å². The van der Waals surface area contributed by atoms with Crippen LogP contribution in [-0.4, -0.2) is 55.4 Å². The van der Waals surface area contributed by atoms with Gasteiger partial charge < -0.3 is 13.7 Å². The van der Waals surface area contributed by atoms with Crippen molar-refractivity contribution in [3.8, 4) is 12.1 Å². The second kappa shape index (κ2) is 22.9. The van der Waals surface area contributed by atoms with Gasteiger partial charge in [0, 0.05) is 13.8 Å². The summed E-state index contributed by atoms with van der Waals surface area (Å²) in [6, 6.07) is 3.50. The summed E-state index contributed by atoms with van der Waals surface area (Å²) < 4.78 is 177. The zero-order valence-electron chi connectivity index (χ0n) is 19.2. The van der Waals surface area contributed by atoms with Gasteiger partial charge in [0.1, 0.15) is 0 Å². The molecule has 0 amide bonds. The number of nitrogens with zero attached hydrogens (tertiary/aromatic N) is 2. The molecule has 0 aromatic heterocycles. The summed E-state index contributed by atoms with van der Waals surface area (Å²) in [4.78, 5) is 0. The Kier molecular flexibility index (Phi) is 29.5. The van der Waals surface area contributed by atoms with Crippen molar-refractivity contribution in [3.63, 3.8) is 0 Å². The number of alkyl halides is 9. The minimum absolute atomic E-state index is 0. The Morgan fingerprint density at radius 1 is 0.538 bits per heavy atom. The molecule has 0 aromatic rings. The molecule has 24 heteroatoms. The van der Waals surface area contributed by atoms with E-state index in [4.69, 9.17) is 49.4 Å². The minimum atomic E-state index is -6.09. The van der Waals surface area contributed by atoms with E-state index in [1.807, 2.05) is 0 Å². The zero-order valence-corrected chi connectivity index (χ0v) is 23.3. The van der Waals surface area contributed by atoms with Gasteiger partial charge >= 0.3 is 36.0 Å². The van der Waals surface area contributed by atoms with Crippen molar-refractivity contribution in [1.82, 2.24) is 0 Å². The second-order valence-corrected chi connectivity index (χ2v) is 9.36. The van der Waals surface area contributed by atoms with Crippen LogP contribution in [0, 0.1) is 22.7 Å². The molecule has 0 atom stereocenters. The zero-order chi connectivity index (χ0) is 32.1. The van der Waals surface area contributed by atoms with E-state index in [2.05, 4.69) is 24.3 Å². The fourth-order valence-corrected chi connectivity index (χ4v) is 0.856. The Hall–Kier alpha value is -1.82. The van der Waals surface area contributed by atoms with Gasteiger partial charge in [0.25, 0.3) is 0 Å². The van der Waals surface area contributed by atoms with Crippen LogP contribution in [0.4, 0.5) is 39.5 Å². The van der Waals surface area contributed by atoms with Crippen molar-refractivity contribution in [3.05, 3.63) is 24.3 Å². The molecule has 1 aliphatic carbocycles. The van der Waals surface area contributed by atoms with E-state index >= 15 is 0 Å². The van der Waals surface area contributed by atoms with E-state index in [-0.39, 0.29) is 19.5 Å². The molecule has 0 fully saturated rings. The van der Waals surface area contributed by atoms with Gasteiger partial charge in [-0.2, -0.15) is 50.0 Å². The quantitative estimate of drug-likeness (QED) is 0.114. The first-order valence-corrected chi connectivity index (χ1v) is 12.8. The molecule has 1 rings (SSSR count). The summed E-state index contributed by atoms with van der Waals surface area (Å²) in [5.41, 5.74) is -16.9. The largest absolute Gasteiger partial charge is 3.00 e. The van der Waals surface area contributed by atoms with Crippen LogP contribution >= 0.6 is 0 Å². The first-order chi connectivity index (χ1) is 16.6. The van der Waals surface area contributed by atoms with Crippen molar-refractivity contribution >= 4 is 30.4 Å². The smallest absolute Gasteiger partial charge is 0.741 e. The van der Waals surface area contributed by atoms with Crippen LogP contribution in [0.25, 0.3) is 0 Å². The van der Waals surface area contributed by atoms with Crippen molar-refractivity contribution in [2.75, 3.05) is 0 Å². The number of allylic oxidation sites excluding steroid dienone is 4. The van der Waals surface area contributed by atoms with E-state index in [9.17, 15) is 39.5 Å². The van der Waals surface area contributed by atoms with E-state index in [1.165, 1.54) is 39.5 Å². The molecule has 0 radical (unpaired) electrons. The van der Waals surface area contributed by atoms with Gasteiger partial charge in [0.15, 0.2) is 30.4 Å². The Bertz CT molecular complexity index is 965. The molecule has 0 aromatic carbocycles. The molecule has 0 heterocycles. The Balaban J connectivity index is -0.0000000863. The van der Waals surface area contributed by atoms with Gasteiger partial charge in [-0.05, 0) is 25.7 Å². The molecular weight excluding hydrogens is 722 g/mol. The first kappa shape index (κ1) is 50.1. The molecule has 0 bridgehead atoms. The molecule has 0 saturated carbocycles. The second-order valence-electron chi connectivity index (χ2n) is 5.24. The van der Waals surface area contributed by atoms with E-state index in [0.717, 1.165) is 0 Å². The topological polar surface area (TPSA) is 219 Å². The number of hydrogen-bond donors (Lipinski definition) is 0. The molecule has 0 spiro atoms. The molecule has 39 heavy (non-hydrogen) atoms. The summed E-state index contributed by atoms with van der Waals surface area (Å²) in [7, 11) is -18.3. The van der Waals surface area contributed by atoms with Crippen molar-refractivity contribution in [1.29, 1.82) is 10.5 Å². The van der Waals surface area contributed by atoms with Gasteiger partial charge in [-0.1, -0.05) is 24.3 Å². The number of hydrogen-bond acceptors (Lipinski definition) is 11. The van der Waals surface area contributed by atoms with Gasteiger partial charge in [-0.3, -0.25) is 0 Å². The number of halogens is 9. The van der Waals surface area contributed by atoms with Crippen LogP contribution in [-0.2, 0) is 49.8 Å². The van der Waals surface area contributed by atoms with E-state index in [1.54, 1.807) is 12.1 Å². The van der Waals surface area contributed by atoms with Crippen molar-refractivity contribution in [2.45, 2.75) is 56.1 Å². The van der Waals surface area contributed by atoms with Gasteiger partial charge in [0.05, 0.1) is 12.1 Å². The third-order valence-corrected chi connectivity index (χ3v) is 3.88. The molecule has 11 nitrogen and oxygen atoms in total. The first-order valence-electron chi connectivity index (χ1n) is 8.56. The third-order valence-electron chi connectivity index (χ3n) is 2.18. The summed E-state index contributed by atoms with van der Waals surface area (Å²) in [6.07, 6.45) is 14.0. The Morgan fingerprint density at radius 2 is 0.615 bits per heavy atom. The number of rotatable bonds is 0. The van der Waals surface area contributed by atoms with Gasteiger partial charge in [-0.15, -0.1) is 0 Å². The SMILES string of the molecule is C1=C\CC/C=C\CC/1.CC#N.CC#N.O=S(=O)([O-])C(F)(F)F.O=S(=O)([O-])C(F)(F)F.O=S(=O)([O-])C(F)(F)F.[Rh+3]. The molecule has 0 aliphatic heterocycles. The summed E-state index contributed by atoms with van der Waals surface area (Å²) in [5.74, 6) is 0. The normalized spacial score (nSPS) is 14.8. The summed E-state index contributed by atoms with van der Waals surface area (Å²) in [6.45, 7) is 2.86. The Labute approximate surface area is 231 Å². The van der Waals surface area contributed by atoms with Gasteiger partial charge in [-0.25, -0.2) is 25.3 Å². The molecular formula is C15H18F9N2O9RhS3. The Morgan fingerprint density at radius 3 is 0.667 bits per heavy atom. The molecule has 0 saturated heterocycles. The fraction of sp³-hybridized carbons (Fsp3) is 0.600. The average molecular weight is 740 g/mol. The van der Waals surface area contributed by atoms with E-state index < -0.39 is 46.9 Å². The fourth-order valence-electron chi connectivity index (χ4n) is 0.856. The van der Waals surface area contributed by atoms with Crippen molar-refractivity contribution in [2.24, 2.45) is 0 Å². The molecule has 1 aliphatic rings. The third kappa shape index (κ3) is 38.4. The van der Waals surface area contributed by atoms with E-state index in [0.29, 0.717) is 0 Å². The van der Waals surface area contributed by atoms with Crippen LogP contribution < -0.4 is 0 Å². The van der Waals surface area contributed by atoms with Crippen LogP contribution in [0.5, 0.6) is 0 Å². The maximum Gasteiger partial charge on any atom is 3.00 e. The predicted molar refractivity (Wildman–Crippen MR) is 107 cm³/mol.